The number of anilines is 1. The molecular formula is C11H16ClN3O2S. The number of alkyl halides is 1. The monoisotopic (exact) mass is 289 g/mol. The lowest BCUT2D eigenvalue weighted by atomic mass is 10.1. The second-order valence-corrected chi connectivity index (χ2v) is 7.41. The summed E-state index contributed by atoms with van der Waals surface area (Å²) in [7, 11) is -3.54. The van der Waals surface area contributed by atoms with Crippen LogP contribution >= 0.6 is 11.6 Å². The molecule has 0 aromatic carbocycles. The Morgan fingerprint density at radius 3 is 2.83 bits per heavy atom. The lowest BCUT2D eigenvalue weighted by molar-refractivity contribution is 0.596. The zero-order chi connectivity index (χ0) is 13.4. The van der Waals surface area contributed by atoms with E-state index < -0.39 is 14.2 Å². The zero-order valence-corrected chi connectivity index (χ0v) is 11.6. The molecule has 1 heterocycles. The van der Waals surface area contributed by atoms with Crippen molar-refractivity contribution in [3.05, 3.63) is 24.0 Å². The van der Waals surface area contributed by atoms with E-state index in [1.807, 2.05) is 6.92 Å². The number of nitrogens with zero attached hydrogens (tertiary/aromatic N) is 1. The molecule has 1 unspecified atom stereocenters. The standard InChI is InChI=1S/C11H16ClN3O2S/c1-2-9(13)10-7-8(3-6-14-10)15-18(16,17)11(12)4-5-11/h3,6-7,9H,2,4-5,13H2,1H3,(H,14,15). The summed E-state index contributed by atoms with van der Waals surface area (Å²) in [5.41, 5.74) is 6.98. The largest absolute Gasteiger partial charge is 0.323 e. The van der Waals surface area contributed by atoms with Crippen molar-refractivity contribution < 1.29 is 8.42 Å². The Bertz CT molecular complexity index is 543. The van der Waals surface area contributed by atoms with Gasteiger partial charge in [0.25, 0.3) is 10.0 Å². The van der Waals surface area contributed by atoms with Gasteiger partial charge < -0.3 is 5.73 Å². The average molecular weight is 290 g/mol. The molecule has 0 bridgehead atoms. The Morgan fingerprint density at radius 2 is 2.28 bits per heavy atom. The van der Waals surface area contributed by atoms with Gasteiger partial charge in [-0.25, -0.2) is 8.42 Å². The number of pyridine rings is 1. The maximum Gasteiger partial charge on any atom is 0.252 e. The van der Waals surface area contributed by atoms with Crippen LogP contribution in [0.2, 0.25) is 0 Å². The summed E-state index contributed by atoms with van der Waals surface area (Å²) in [5, 5.41) is 0. The van der Waals surface area contributed by atoms with Gasteiger partial charge in [0.2, 0.25) is 0 Å². The molecule has 1 fully saturated rings. The van der Waals surface area contributed by atoms with Crippen molar-refractivity contribution >= 4 is 27.3 Å². The smallest absolute Gasteiger partial charge is 0.252 e. The first-order valence-electron chi connectivity index (χ1n) is 5.81. The Hall–Kier alpha value is -0.850. The summed E-state index contributed by atoms with van der Waals surface area (Å²) in [6.07, 6.45) is 3.24. The van der Waals surface area contributed by atoms with Crippen molar-refractivity contribution in [2.75, 3.05) is 4.72 Å². The highest BCUT2D eigenvalue weighted by atomic mass is 35.5. The number of aromatic nitrogens is 1. The van der Waals surface area contributed by atoms with Crippen LogP contribution in [0.15, 0.2) is 18.3 Å². The van der Waals surface area contributed by atoms with E-state index in [2.05, 4.69) is 9.71 Å². The van der Waals surface area contributed by atoms with Crippen LogP contribution < -0.4 is 10.5 Å². The SMILES string of the molecule is CCC(N)c1cc(NS(=O)(=O)C2(Cl)CC2)ccn1. The molecule has 100 valence electrons. The highest BCUT2D eigenvalue weighted by Gasteiger charge is 2.53. The van der Waals surface area contributed by atoms with E-state index in [0.29, 0.717) is 24.2 Å². The minimum Gasteiger partial charge on any atom is -0.323 e. The Kier molecular flexibility index (Phi) is 3.53. The van der Waals surface area contributed by atoms with Gasteiger partial charge >= 0.3 is 0 Å². The summed E-state index contributed by atoms with van der Waals surface area (Å²) in [6.45, 7) is 1.95. The lowest BCUT2D eigenvalue weighted by Crippen LogP contribution is -2.25. The molecule has 18 heavy (non-hydrogen) atoms. The molecular weight excluding hydrogens is 274 g/mol. The van der Waals surface area contributed by atoms with Crippen molar-refractivity contribution in [1.29, 1.82) is 0 Å². The predicted molar refractivity (Wildman–Crippen MR) is 71.8 cm³/mol. The van der Waals surface area contributed by atoms with Crippen LogP contribution in [0, 0.1) is 0 Å². The van der Waals surface area contributed by atoms with Gasteiger partial charge in [-0.05, 0) is 31.4 Å². The summed E-state index contributed by atoms with van der Waals surface area (Å²) in [4.78, 5) is 4.13. The Labute approximate surface area is 112 Å². The van der Waals surface area contributed by atoms with Gasteiger partial charge in [0.15, 0.2) is 4.21 Å². The van der Waals surface area contributed by atoms with Crippen LogP contribution in [-0.4, -0.2) is 17.6 Å². The van der Waals surface area contributed by atoms with Crippen LogP contribution in [0.1, 0.15) is 37.9 Å². The number of nitrogens with two attached hydrogens (primary N) is 1. The highest BCUT2D eigenvalue weighted by Crippen LogP contribution is 2.47. The second-order valence-electron chi connectivity index (χ2n) is 4.47. The van der Waals surface area contributed by atoms with E-state index in [0.717, 1.165) is 6.42 Å². The van der Waals surface area contributed by atoms with E-state index in [1.54, 1.807) is 12.1 Å². The number of rotatable bonds is 5. The molecule has 1 atom stereocenters. The van der Waals surface area contributed by atoms with Gasteiger partial charge in [0.05, 0.1) is 11.4 Å². The molecule has 0 amide bonds. The molecule has 7 heteroatoms. The minimum atomic E-state index is -3.54. The molecule has 0 spiro atoms. The maximum atomic E-state index is 11.9. The van der Waals surface area contributed by atoms with E-state index in [9.17, 15) is 8.42 Å². The molecule has 1 saturated carbocycles. The van der Waals surface area contributed by atoms with Gasteiger partial charge in [-0.3, -0.25) is 9.71 Å². The summed E-state index contributed by atoms with van der Waals surface area (Å²) < 4.78 is 25.2. The highest BCUT2D eigenvalue weighted by molar-refractivity contribution is 7.95. The molecule has 0 radical (unpaired) electrons. The lowest BCUT2D eigenvalue weighted by Gasteiger charge is -2.13. The van der Waals surface area contributed by atoms with Crippen molar-refractivity contribution in [3.63, 3.8) is 0 Å². The first kappa shape index (κ1) is 13.6. The Balaban J connectivity index is 2.20. The van der Waals surface area contributed by atoms with Gasteiger partial charge in [-0.2, -0.15) is 0 Å². The van der Waals surface area contributed by atoms with Crippen LogP contribution in [0.4, 0.5) is 5.69 Å². The fourth-order valence-corrected chi connectivity index (χ4v) is 3.01. The third-order valence-corrected chi connectivity index (χ3v) is 5.84. The van der Waals surface area contributed by atoms with E-state index >= 15 is 0 Å². The van der Waals surface area contributed by atoms with Crippen molar-refractivity contribution in [2.24, 2.45) is 5.73 Å². The Morgan fingerprint density at radius 1 is 1.61 bits per heavy atom. The van der Waals surface area contributed by atoms with Crippen LogP contribution in [-0.2, 0) is 10.0 Å². The number of hydrogen-bond donors (Lipinski definition) is 2. The second kappa shape index (κ2) is 4.68. The summed E-state index contributed by atoms with van der Waals surface area (Å²) >= 11 is 5.92. The zero-order valence-electron chi connectivity index (χ0n) is 10.1. The van der Waals surface area contributed by atoms with Crippen LogP contribution in [0.3, 0.4) is 0 Å². The fourth-order valence-electron chi connectivity index (χ4n) is 1.54. The molecule has 5 nitrogen and oxygen atoms in total. The van der Waals surface area contributed by atoms with E-state index in [1.165, 1.54) is 6.20 Å². The summed E-state index contributed by atoms with van der Waals surface area (Å²) in [6, 6.07) is 3.04. The van der Waals surface area contributed by atoms with E-state index in [4.69, 9.17) is 17.3 Å². The quantitative estimate of drug-likeness (QED) is 0.812. The van der Waals surface area contributed by atoms with Crippen molar-refractivity contribution in [2.45, 2.75) is 36.4 Å². The summed E-state index contributed by atoms with van der Waals surface area (Å²) in [5.74, 6) is 0. The van der Waals surface area contributed by atoms with Crippen molar-refractivity contribution in [3.8, 4) is 0 Å². The molecule has 1 aromatic heterocycles. The minimum absolute atomic E-state index is 0.194. The first-order valence-corrected chi connectivity index (χ1v) is 7.67. The molecule has 1 aromatic rings. The fraction of sp³-hybridized carbons (Fsp3) is 0.545. The predicted octanol–water partition coefficient (Wildman–Crippen LogP) is 1.96. The number of hydrogen-bond acceptors (Lipinski definition) is 4. The first-order chi connectivity index (χ1) is 8.38. The molecule has 2 rings (SSSR count). The maximum absolute atomic E-state index is 11.9. The number of halogens is 1. The van der Waals surface area contributed by atoms with Gasteiger partial charge in [-0.15, -0.1) is 0 Å². The van der Waals surface area contributed by atoms with E-state index in [-0.39, 0.29) is 6.04 Å². The molecule has 1 aliphatic rings. The third kappa shape index (κ3) is 2.60. The van der Waals surface area contributed by atoms with Crippen LogP contribution in [0.5, 0.6) is 0 Å². The van der Waals surface area contributed by atoms with Crippen molar-refractivity contribution in [1.82, 2.24) is 4.98 Å². The molecule has 0 aliphatic heterocycles. The molecule has 0 saturated heterocycles. The number of nitrogens with one attached hydrogen (secondary N) is 1. The average Bonchev–Trinajstić information content (AvgIpc) is 3.08. The normalized spacial score (nSPS) is 19.3. The molecule has 1 aliphatic carbocycles. The van der Waals surface area contributed by atoms with Crippen LogP contribution in [0.25, 0.3) is 0 Å². The van der Waals surface area contributed by atoms with Gasteiger partial charge in [0.1, 0.15) is 0 Å². The third-order valence-electron chi connectivity index (χ3n) is 2.98. The number of sulfonamides is 1. The van der Waals surface area contributed by atoms with Gasteiger partial charge in [0, 0.05) is 12.2 Å². The topological polar surface area (TPSA) is 85.1 Å². The molecule has 3 N–H and O–H groups in total. The van der Waals surface area contributed by atoms with Gasteiger partial charge in [-0.1, -0.05) is 18.5 Å².